The molecule has 0 aliphatic carbocycles. The Bertz CT molecular complexity index is 1340. The predicted octanol–water partition coefficient (Wildman–Crippen LogP) is 0.00940. The molecule has 0 radical (unpaired) electrons. The summed E-state index contributed by atoms with van der Waals surface area (Å²) in [7, 11) is -5.32. The Kier molecular flexibility index (Phi) is 39.3. The van der Waals surface area contributed by atoms with Crippen LogP contribution in [0.5, 0.6) is 0 Å². The number of hydrogen-bond donors (Lipinski definition) is 1. The molecule has 9 nitrogen and oxygen atoms in total. The van der Waals surface area contributed by atoms with E-state index >= 15 is 0 Å². The number of rotatable bonds is 18. The molecule has 0 aromatic carbocycles. The van der Waals surface area contributed by atoms with E-state index in [1.165, 1.54) is 44.9 Å². The molecule has 0 amide bonds. The van der Waals surface area contributed by atoms with Crippen LogP contribution >= 0.6 is 7.82 Å². The van der Waals surface area contributed by atoms with E-state index < -0.39 is 39.1 Å². The summed E-state index contributed by atoms with van der Waals surface area (Å²) in [5, 5.41) is 0. The second-order valence-corrected chi connectivity index (χ2v) is 9.54. The van der Waals surface area contributed by atoms with Crippen molar-refractivity contribution in [3.05, 3.63) is 0 Å². The molecule has 0 bridgehead atoms. The van der Waals surface area contributed by atoms with Crippen molar-refractivity contribution in [2.75, 3.05) is 13.2 Å². The largest absolute Gasteiger partial charge is 1.00 e. The van der Waals surface area contributed by atoms with Crippen molar-refractivity contribution in [1.29, 1.82) is 0 Å². The number of carbonyl (C=O) groups excluding carboxylic acids is 2. The van der Waals surface area contributed by atoms with Crippen LogP contribution in [0.2, 0.25) is 0 Å². The zero-order valence-electron chi connectivity index (χ0n) is 26.0. The molecule has 0 saturated carbocycles. The first-order valence-corrected chi connectivity index (χ1v) is 14.7. The third kappa shape index (κ3) is 38.0. The normalized spacial score (nSPS) is 9.14. The second kappa shape index (κ2) is 35.4. The van der Waals surface area contributed by atoms with Crippen LogP contribution in [-0.2, 0) is 28.2 Å². The van der Waals surface area contributed by atoms with Crippen LogP contribution in [0.15, 0.2) is 0 Å². The molecule has 0 aromatic rings. The van der Waals surface area contributed by atoms with Crippen molar-refractivity contribution in [2.45, 2.75) is 90.1 Å². The molecule has 0 aliphatic heterocycles. The zero-order chi connectivity index (χ0) is 30.4. The van der Waals surface area contributed by atoms with Crippen LogP contribution in [0.4, 0.5) is 0 Å². The van der Waals surface area contributed by atoms with Gasteiger partial charge in [0.15, 0.2) is 6.10 Å². The van der Waals surface area contributed by atoms with Gasteiger partial charge in [-0.3, -0.25) is 4.79 Å². The van der Waals surface area contributed by atoms with Crippen LogP contribution in [0.1, 0.15) is 103 Å². The molecule has 3 N–H and O–H groups in total. The Labute approximate surface area is 326 Å². The average molecular weight is 666 g/mol. The molecule has 1 atom stereocenters. The van der Waals surface area contributed by atoms with Crippen LogP contribution in [0, 0.1) is 83.4 Å². The minimum absolute atomic E-state index is 0. The molecular weight excluding hydrogens is 603 g/mol. The predicted molar refractivity (Wildman–Crippen MR) is 183 cm³/mol. The fourth-order valence-corrected chi connectivity index (χ4v) is 3.42. The van der Waals surface area contributed by atoms with E-state index in [0.29, 0.717) is 6.42 Å². The minimum Gasteiger partial charge on any atom is -0.790 e. The molecular formula is C32H62NNa2O8P. The number of ether oxygens (including phenoxy) is 2. The number of esters is 2. The fraction of sp³-hybridized carbons (Fsp3) is 0.500. The average Bonchev–Trinajstić information content (AvgIpc) is 2.93. The Balaban J connectivity index is -0.0000000667. The van der Waals surface area contributed by atoms with Gasteiger partial charge in [0.2, 0.25) is 0 Å². The van der Waals surface area contributed by atoms with Gasteiger partial charge in [-0.1, -0.05) is 71.1 Å². The summed E-state index contributed by atoms with van der Waals surface area (Å²) in [6, 6.07) is 0. The van der Waals surface area contributed by atoms with Gasteiger partial charge in [0, 0.05) is 30.9 Å². The number of unbranched alkanes of at least 4 members (excludes halogenated alkanes) is 10. The summed E-state index contributed by atoms with van der Waals surface area (Å²) in [5.74, 6) is 28.4. The number of phosphoric ester groups is 1. The van der Waals surface area contributed by atoms with E-state index in [1.54, 1.807) is 0 Å². The summed E-state index contributed by atoms with van der Waals surface area (Å²) in [6.45, 7) is 0.849. The van der Waals surface area contributed by atoms with Crippen LogP contribution in [0.3, 0.4) is 0 Å². The summed E-state index contributed by atoms with van der Waals surface area (Å²) in [6.07, 6.45) is 16.0. The smallest absolute Gasteiger partial charge is 0.790 e. The molecule has 0 spiro atoms. The van der Waals surface area contributed by atoms with Crippen molar-refractivity contribution in [1.82, 2.24) is 6.15 Å². The van der Waals surface area contributed by atoms with Crippen molar-refractivity contribution in [2.24, 2.45) is 0 Å². The summed E-state index contributed by atoms with van der Waals surface area (Å²) < 4.78 is 25.0. The first-order valence-electron chi connectivity index (χ1n) is 13.3. The topological polar surface area (TPSA) is 160 Å². The molecule has 0 rings (SSSR count). The van der Waals surface area contributed by atoms with Crippen molar-refractivity contribution in [3.8, 4) is 83.4 Å². The van der Waals surface area contributed by atoms with E-state index in [-0.39, 0.29) is 90.2 Å². The van der Waals surface area contributed by atoms with E-state index in [2.05, 4.69) is 88.4 Å². The SMILES string of the molecule is C#CC#CC#CC#CC#CC#CC#CC(=O)OC[C@H](COP(=O)([O-])[O-])OC(=O)CCCCCCCCCCCCC.N.[HH].[HH].[HH].[HH].[HH].[HH].[HH].[HH].[HH].[HH].[HH].[HH].[HH].[Na+].[Na+]. The Morgan fingerprint density at radius 2 is 1.16 bits per heavy atom. The Morgan fingerprint density at radius 1 is 0.727 bits per heavy atom. The summed E-state index contributed by atoms with van der Waals surface area (Å²) in [5.41, 5.74) is 0. The van der Waals surface area contributed by atoms with Gasteiger partial charge >= 0.3 is 71.1 Å². The molecule has 0 fully saturated rings. The van der Waals surface area contributed by atoms with Gasteiger partial charge in [-0.15, -0.1) is 6.42 Å². The molecule has 0 saturated heterocycles. The number of carbonyl (C=O) groups is 2. The van der Waals surface area contributed by atoms with Crippen LogP contribution in [0.25, 0.3) is 0 Å². The first kappa shape index (κ1) is 48.8. The van der Waals surface area contributed by atoms with Gasteiger partial charge in [0.05, 0.1) is 14.4 Å². The maximum Gasteiger partial charge on any atom is 1.00 e. The fourth-order valence-electron chi connectivity index (χ4n) is 3.07. The molecule has 250 valence electrons. The van der Waals surface area contributed by atoms with E-state index in [4.69, 9.17) is 15.9 Å². The summed E-state index contributed by atoms with van der Waals surface area (Å²) in [4.78, 5) is 45.5. The van der Waals surface area contributed by atoms with E-state index in [9.17, 15) is 23.9 Å². The van der Waals surface area contributed by atoms with Gasteiger partial charge in [-0.2, -0.15) is 0 Å². The molecule has 0 unspecified atom stereocenters. The monoisotopic (exact) mass is 665 g/mol. The molecule has 0 aliphatic rings. The summed E-state index contributed by atoms with van der Waals surface area (Å²) >= 11 is 0. The maximum atomic E-state index is 12.1. The van der Waals surface area contributed by atoms with Crippen LogP contribution in [-0.4, -0.2) is 31.3 Å². The molecule has 0 heterocycles. The van der Waals surface area contributed by atoms with Crippen molar-refractivity contribution < 1.29 is 116 Å². The Morgan fingerprint density at radius 3 is 1.61 bits per heavy atom. The second-order valence-electron chi connectivity index (χ2n) is 8.38. The molecule has 44 heavy (non-hydrogen) atoms. The standard InChI is InChI=1S/C32H35O8P.H3N.2Na.13H2/c1-3-5-7-9-11-13-15-17-18-20-22-24-26-31(33)38-28-30(29-39-41(35,36)37)40-32(34)27-25-23-21-19-16-14-12-10-8-6-4-2;;;;;;;;;;;;;;;;/h1,30H,4,6,8,10,12,14,16,19,21,23,25,27-29H2,2H3,(H2,35,36,37);1H3;;;13*1H/q;;2*+1;;;;;;;;;;;;;/p-2/t30-;;;;;;;;;;;;;;;;/m1................/s1. The molecule has 12 heteroatoms. The number of terminal acetylenes is 1. The zero-order valence-corrected chi connectivity index (χ0v) is 30.9. The quantitative estimate of drug-likeness (QED) is 0.0532. The van der Waals surface area contributed by atoms with Gasteiger partial charge in [-0.05, 0) is 77.5 Å². The Hall–Kier alpha value is -2.07. The van der Waals surface area contributed by atoms with Gasteiger partial charge in [-0.25, -0.2) is 4.79 Å². The maximum absolute atomic E-state index is 12.1. The van der Waals surface area contributed by atoms with E-state index in [1.807, 2.05) is 0 Å². The van der Waals surface area contributed by atoms with Crippen molar-refractivity contribution >= 4 is 19.8 Å². The number of hydrogen-bond acceptors (Lipinski definition) is 9. The van der Waals surface area contributed by atoms with Gasteiger partial charge < -0.3 is 34.5 Å². The number of phosphoric acid groups is 1. The first-order chi connectivity index (χ1) is 19.8. The minimum atomic E-state index is -5.32. The molecule has 0 aromatic heterocycles. The van der Waals surface area contributed by atoms with Crippen molar-refractivity contribution in [3.63, 3.8) is 0 Å². The third-order valence-corrected chi connectivity index (χ3v) is 5.43. The van der Waals surface area contributed by atoms with Gasteiger partial charge in [0.1, 0.15) is 6.61 Å². The van der Waals surface area contributed by atoms with Crippen LogP contribution < -0.4 is 75.1 Å². The van der Waals surface area contributed by atoms with Gasteiger partial charge in [0.25, 0.3) is 0 Å². The third-order valence-electron chi connectivity index (χ3n) is 4.96. The van der Waals surface area contributed by atoms with E-state index in [0.717, 1.165) is 19.3 Å².